The van der Waals surface area contributed by atoms with Crippen molar-refractivity contribution in [1.29, 1.82) is 0 Å². The molecule has 1 rings (SSSR count). The van der Waals surface area contributed by atoms with E-state index in [1.165, 1.54) is 14.2 Å². The number of hydroxylamine groups is 2. The lowest BCUT2D eigenvalue weighted by Crippen LogP contribution is -2.23. The number of carbonyl (C=O) groups is 1. The van der Waals surface area contributed by atoms with Gasteiger partial charge in [0.1, 0.15) is 5.75 Å². The average molecular weight is 219 g/mol. The second-order valence-corrected chi connectivity index (χ2v) is 2.96. The minimum absolute atomic E-state index is 0.390. The largest absolute Gasteiger partial charge is 0.497 e. The second kappa shape index (κ2) is 5.79. The normalized spacial score (nSPS) is 8.94. The zero-order valence-electron chi connectivity index (χ0n) is 9.48. The number of rotatable bonds is 2. The summed E-state index contributed by atoms with van der Waals surface area (Å²) in [4.78, 5) is 16.0. The minimum atomic E-state index is -0.390. The highest BCUT2D eigenvalue weighted by Crippen LogP contribution is 2.10. The van der Waals surface area contributed by atoms with Gasteiger partial charge in [0.15, 0.2) is 0 Å². The molecular formula is C12H13NO3. The van der Waals surface area contributed by atoms with E-state index in [4.69, 9.17) is 9.57 Å². The summed E-state index contributed by atoms with van der Waals surface area (Å²) in [5, 5.41) is 1.07. The maximum absolute atomic E-state index is 11.3. The Kier molecular flexibility index (Phi) is 4.37. The Labute approximate surface area is 94.7 Å². The molecule has 1 amide bonds. The number of hydrogen-bond donors (Lipinski definition) is 0. The van der Waals surface area contributed by atoms with Crippen molar-refractivity contribution in [2.45, 2.75) is 0 Å². The summed E-state index contributed by atoms with van der Waals surface area (Å²) in [5.41, 5.74) is 0.749. The average Bonchev–Trinajstić information content (AvgIpc) is 2.35. The highest BCUT2D eigenvalue weighted by molar-refractivity contribution is 5.93. The van der Waals surface area contributed by atoms with Gasteiger partial charge in [-0.05, 0) is 24.3 Å². The number of carbonyl (C=O) groups excluding carboxylic acids is 1. The van der Waals surface area contributed by atoms with Crippen molar-refractivity contribution in [3.8, 4) is 17.6 Å². The predicted molar refractivity (Wildman–Crippen MR) is 59.7 cm³/mol. The second-order valence-electron chi connectivity index (χ2n) is 2.96. The van der Waals surface area contributed by atoms with Crippen LogP contribution in [0.15, 0.2) is 24.3 Å². The molecule has 0 aromatic heterocycles. The molecule has 0 bridgehead atoms. The van der Waals surface area contributed by atoms with Crippen molar-refractivity contribution < 1.29 is 14.4 Å². The van der Waals surface area contributed by atoms with Crippen LogP contribution in [-0.2, 0) is 9.63 Å². The van der Waals surface area contributed by atoms with Crippen LogP contribution in [0.4, 0.5) is 0 Å². The van der Waals surface area contributed by atoms with Gasteiger partial charge < -0.3 is 4.74 Å². The summed E-state index contributed by atoms with van der Waals surface area (Å²) in [5.74, 6) is 5.56. The van der Waals surface area contributed by atoms with Gasteiger partial charge in [0.25, 0.3) is 0 Å². The number of benzene rings is 1. The SMILES string of the molecule is COc1ccc(C#CC(=O)N(C)OC)cc1. The number of amides is 1. The molecule has 4 heteroatoms. The smallest absolute Gasteiger partial charge is 0.322 e. The van der Waals surface area contributed by atoms with Gasteiger partial charge >= 0.3 is 5.91 Å². The summed E-state index contributed by atoms with van der Waals surface area (Å²) >= 11 is 0. The Morgan fingerprint density at radius 3 is 2.38 bits per heavy atom. The van der Waals surface area contributed by atoms with Crippen molar-refractivity contribution in [2.24, 2.45) is 0 Å². The van der Waals surface area contributed by atoms with Gasteiger partial charge in [0, 0.05) is 18.5 Å². The molecule has 0 fully saturated rings. The first-order valence-corrected chi connectivity index (χ1v) is 4.65. The van der Waals surface area contributed by atoms with E-state index in [0.29, 0.717) is 0 Å². The first-order chi connectivity index (χ1) is 7.67. The van der Waals surface area contributed by atoms with Crippen molar-refractivity contribution in [2.75, 3.05) is 21.3 Å². The fraction of sp³-hybridized carbons (Fsp3) is 0.250. The summed E-state index contributed by atoms with van der Waals surface area (Å²) in [7, 11) is 4.51. The Morgan fingerprint density at radius 1 is 1.25 bits per heavy atom. The van der Waals surface area contributed by atoms with Crippen LogP contribution in [0.25, 0.3) is 0 Å². The highest BCUT2D eigenvalue weighted by atomic mass is 16.7. The highest BCUT2D eigenvalue weighted by Gasteiger charge is 2.01. The molecule has 1 aromatic rings. The third kappa shape index (κ3) is 3.30. The molecule has 0 atom stereocenters. The lowest BCUT2D eigenvalue weighted by atomic mass is 10.2. The lowest BCUT2D eigenvalue weighted by Gasteiger charge is -2.07. The Hall–Kier alpha value is -1.99. The fourth-order valence-corrected chi connectivity index (χ4v) is 0.962. The molecule has 0 spiro atoms. The van der Waals surface area contributed by atoms with E-state index in [-0.39, 0.29) is 0 Å². The molecule has 84 valence electrons. The van der Waals surface area contributed by atoms with Gasteiger partial charge in [-0.3, -0.25) is 9.63 Å². The Morgan fingerprint density at radius 2 is 1.88 bits per heavy atom. The lowest BCUT2D eigenvalue weighted by molar-refractivity contribution is -0.161. The molecule has 16 heavy (non-hydrogen) atoms. The van der Waals surface area contributed by atoms with Crippen molar-refractivity contribution in [3.63, 3.8) is 0 Å². The number of nitrogens with zero attached hydrogens (tertiary/aromatic N) is 1. The number of methoxy groups -OCH3 is 1. The Bertz CT molecular complexity index is 414. The van der Waals surface area contributed by atoms with Gasteiger partial charge in [-0.1, -0.05) is 5.92 Å². The third-order valence-electron chi connectivity index (χ3n) is 1.96. The van der Waals surface area contributed by atoms with E-state index in [1.54, 1.807) is 31.4 Å². The van der Waals surface area contributed by atoms with Crippen LogP contribution in [0, 0.1) is 11.8 Å². The summed E-state index contributed by atoms with van der Waals surface area (Å²) in [6, 6.07) is 7.14. The monoisotopic (exact) mass is 219 g/mol. The van der Waals surface area contributed by atoms with Crippen LogP contribution in [0.5, 0.6) is 5.75 Å². The van der Waals surface area contributed by atoms with Gasteiger partial charge in [0.2, 0.25) is 0 Å². The first-order valence-electron chi connectivity index (χ1n) is 4.65. The quantitative estimate of drug-likeness (QED) is 0.551. The first kappa shape index (κ1) is 12.1. The van der Waals surface area contributed by atoms with Crippen molar-refractivity contribution >= 4 is 5.91 Å². The summed E-state index contributed by atoms with van der Waals surface area (Å²) in [6.45, 7) is 0. The van der Waals surface area contributed by atoms with Gasteiger partial charge in [-0.25, -0.2) is 5.06 Å². The predicted octanol–water partition coefficient (Wildman–Crippen LogP) is 1.07. The van der Waals surface area contributed by atoms with E-state index >= 15 is 0 Å². The van der Waals surface area contributed by atoms with Crippen LogP contribution in [-0.4, -0.2) is 32.2 Å². The number of hydrogen-bond acceptors (Lipinski definition) is 3. The standard InChI is InChI=1S/C12H13NO3/c1-13(16-3)12(14)9-6-10-4-7-11(15-2)8-5-10/h4-5,7-8H,1-3H3. The van der Waals surface area contributed by atoms with E-state index in [1.807, 2.05) is 0 Å². The molecule has 0 aliphatic rings. The molecule has 0 unspecified atom stereocenters. The molecule has 0 aliphatic carbocycles. The van der Waals surface area contributed by atoms with Gasteiger partial charge in [0.05, 0.1) is 14.2 Å². The Balaban J connectivity index is 2.73. The zero-order valence-corrected chi connectivity index (χ0v) is 9.48. The van der Waals surface area contributed by atoms with Crippen LogP contribution in [0.2, 0.25) is 0 Å². The molecule has 4 nitrogen and oxygen atoms in total. The molecule has 0 N–H and O–H groups in total. The topological polar surface area (TPSA) is 38.8 Å². The van der Waals surface area contributed by atoms with Gasteiger partial charge in [-0.2, -0.15) is 0 Å². The van der Waals surface area contributed by atoms with Crippen LogP contribution >= 0.6 is 0 Å². The summed E-state index contributed by atoms with van der Waals surface area (Å²) in [6.07, 6.45) is 0. The van der Waals surface area contributed by atoms with E-state index in [0.717, 1.165) is 16.4 Å². The molecule has 0 aliphatic heterocycles. The zero-order chi connectivity index (χ0) is 12.0. The molecule has 0 radical (unpaired) electrons. The molecular weight excluding hydrogens is 206 g/mol. The van der Waals surface area contributed by atoms with E-state index in [9.17, 15) is 4.79 Å². The molecule has 1 aromatic carbocycles. The van der Waals surface area contributed by atoms with Crippen LogP contribution in [0.3, 0.4) is 0 Å². The van der Waals surface area contributed by atoms with Gasteiger partial charge in [-0.15, -0.1) is 0 Å². The van der Waals surface area contributed by atoms with Crippen molar-refractivity contribution in [1.82, 2.24) is 5.06 Å². The maximum Gasteiger partial charge on any atom is 0.322 e. The van der Waals surface area contributed by atoms with E-state index in [2.05, 4.69) is 11.8 Å². The maximum atomic E-state index is 11.3. The summed E-state index contributed by atoms with van der Waals surface area (Å²) < 4.78 is 5.01. The molecule has 0 saturated carbocycles. The van der Waals surface area contributed by atoms with Crippen molar-refractivity contribution in [3.05, 3.63) is 29.8 Å². The fourth-order valence-electron chi connectivity index (χ4n) is 0.962. The van der Waals surface area contributed by atoms with Crippen LogP contribution in [0.1, 0.15) is 5.56 Å². The third-order valence-corrected chi connectivity index (χ3v) is 1.96. The molecule has 0 heterocycles. The number of ether oxygens (including phenoxy) is 1. The minimum Gasteiger partial charge on any atom is -0.497 e. The molecule has 0 saturated heterocycles. The van der Waals surface area contributed by atoms with E-state index < -0.39 is 5.91 Å². The van der Waals surface area contributed by atoms with Crippen LogP contribution < -0.4 is 4.74 Å².